The lowest BCUT2D eigenvalue weighted by Crippen LogP contribution is -1.94. The second kappa shape index (κ2) is 13.0. The molecule has 6 aromatic carbocycles. The summed E-state index contributed by atoms with van der Waals surface area (Å²) in [4.78, 5) is 14.2. The fourth-order valence-electron chi connectivity index (χ4n) is 7.11. The van der Waals surface area contributed by atoms with Crippen LogP contribution in [-0.4, -0.2) is 15.0 Å². The molecule has 0 amide bonds. The highest BCUT2D eigenvalue weighted by Gasteiger charge is 2.18. The molecule has 0 N–H and O–H groups in total. The largest absolute Gasteiger partial charge is 0.436 e. The van der Waals surface area contributed by atoms with Crippen LogP contribution >= 0.6 is 0 Å². The third-order valence-corrected chi connectivity index (χ3v) is 9.61. The van der Waals surface area contributed by atoms with Crippen LogP contribution in [0.5, 0.6) is 0 Å². The van der Waals surface area contributed by atoms with Crippen LogP contribution in [0.3, 0.4) is 0 Å². The molecule has 0 radical (unpaired) electrons. The fourth-order valence-corrected chi connectivity index (χ4v) is 7.11. The first-order valence-corrected chi connectivity index (χ1v) is 17.1. The Kier molecular flexibility index (Phi) is 7.70. The summed E-state index contributed by atoms with van der Waals surface area (Å²) < 4.78 is 6.36. The molecule has 9 rings (SSSR count). The van der Waals surface area contributed by atoms with Gasteiger partial charge in [0.2, 0.25) is 5.89 Å². The molecule has 0 unspecified atom stereocenters. The van der Waals surface area contributed by atoms with Gasteiger partial charge >= 0.3 is 0 Å². The van der Waals surface area contributed by atoms with Gasteiger partial charge in [-0.1, -0.05) is 104 Å². The molecule has 4 heteroatoms. The smallest absolute Gasteiger partial charge is 0.227 e. The van der Waals surface area contributed by atoms with E-state index in [4.69, 9.17) is 9.40 Å². The molecule has 3 heterocycles. The summed E-state index contributed by atoms with van der Waals surface area (Å²) >= 11 is 0. The Hall–Kier alpha value is -7.13. The van der Waals surface area contributed by atoms with Crippen molar-refractivity contribution in [3.8, 4) is 44.8 Å². The van der Waals surface area contributed by atoms with Crippen LogP contribution in [0.4, 0.5) is 0 Å². The van der Waals surface area contributed by atoms with Gasteiger partial charge in [-0.25, -0.2) is 4.98 Å². The lowest BCUT2D eigenvalue weighted by atomic mass is 9.87. The molecule has 0 bridgehead atoms. The fraction of sp³-hybridized carbons (Fsp3) is 0. The van der Waals surface area contributed by atoms with Crippen LogP contribution in [0.15, 0.2) is 182 Å². The average molecular weight is 666 g/mol. The molecule has 0 saturated carbocycles. The summed E-state index contributed by atoms with van der Waals surface area (Å²) in [6.45, 7) is 8.26. The lowest BCUT2D eigenvalue weighted by Gasteiger charge is -2.16. The van der Waals surface area contributed by atoms with Crippen LogP contribution in [-0.2, 0) is 0 Å². The van der Waals surface area contributed by atoms with Crippen molar-refractivity contribution in [1.82, 2.24) is 15.0 Å². The van der Waals surface area contributed by atoms with Crippen LogP contribution in [0.1, 0.15) is 16.7 Å². The zero-order valence-corrected chi connectivity index (χ0v) is 28.3. The summed E-state index contributed by atoms with van der Waals surface area (Å²) in [5.74, 6) is 0.554. The maximum absolute atomic E-state index is 6.36. The van der Waals surface area contributed by atoms with Gasteiger partial charge in [0.25, 0.3) is 0 Å². The Morgan fingerprint density at radius 2 is 1.13 bits per heavy atom. The Labute approximate surface area is 301 Å². The second-order valence-corrected chi connectivity index (χ2v) is 12.7. The van der Waals surface area contributed by atoms with Gasteiger partial charge in [-0.3, -0.25) is 9.97 Å². The van der Waals surface area contributed by atoms with Crippen molar-refractivity contribution in [2.75, 3.05) is 0 Å². The van der Waals surface area contributed by atoms with Gasteiger partial charge < -0.3 is 4.42 Å². The minimum atomic E-state index is 0.554. The molecule has 244 valence electrons. The van der Waals surface area contributed by atoms with E-state index in [1.165, 1.54) is 0 Å². The highest BCUT2D eigenvalue weighted by molar-refractivity contribution is 6.00. The van der Waals surface area contributed by atoms with E-state index >= 15 is 0 Å². The molecule has 0 spiro atoms. The lowest BCUT2D eigenvalue weighted by molar-refractivity contribution is 0.620. The number of rotatable bonds is 7. The first kappa shape index (κ1) is 30.9. The van der Waals surface area contributed by atoms with Crippen LogP contribution in [0.25, 0.3) is 89.1 Å². The van der Waals surface area contributed by atoms with E-state index in [1.54, 1.807) is 0 Å². The topological polar surface area (TPSA) is 51.8 Å². The minimum absolute atomic E-state index is 0.554. The van der Waals surface area contributed by atoms with Gasteiger partial charge in [0.05, 0.1) is 0 Å². The summed E-state index contributed by atoms with van der Waals surface area (Å²) in [5, 5.41) is 4.39. The standard InChI is InChI=1S/C48H31N3O/c1-3-31-13-5-8-16-41(31)40(4-2)36-21-34(22-37(25-36)44-29-49-27-32-14-6-9-17-42(32)44)35-23-38(45-30-50-28-33-15-7-10-18-43(33)45)26-39(24-35)48-51-46-19-11-12-20-47(46)52-48/h3,5-30H,1-2H2. The minimum Gasteiger partial charge on any atom is -0.436 e. The Morgan fingerprint density at radius 1 is 0.577 bits per heavy atom. The molecule has 9 aromatic rings. The number of pyridine rings is 2. The van der Waals surface area contributed by atoms with Gasteiger partial charge in [-0.15, -0.1) is 5.73 Å². The third-order valence-electron chi connectivity index (χ3n) is 9.61. The van der Waals surface area contributed by atoms with Crippen molar-refractivity contribution < 1.29 is 4.42 Å². The predicted octanol–water partition coefficient (Wildman–Crippen LogP) is 12.5. The summed E-state index contributed by atoms with van der Waals surface area (Å²) in [6.07, 6.45) is 9.57. The molecule has 0 aliphatic rings. The molecule has 0 aliphatic heterocycles. The van der Waals surface area contributed by atoms with E-state index in [-0.39, 0.29) is 0 Å². The molecule has 0 fully saturated rings. The molecule has 0 saturated heterocycles. The highest BCUT2D eigenvalue weighted by atomic mass is 16.3. The second-order valence-electron chi connectivity index (χ2n) is 12.7. The van der Waals surface area contributed by atoms with Crippen molar-refractivity contribution in [3.63, 3.8) is 0 Å². The van der Waals surface area contributed by atoms with Crippen LogP contribution in [0.2, 0.25) is 0 Å². The summed E-state index contributed by atoms with van der Waals surface area (Å²) in [7, 11) is 0. The normalized spacial score (nSPS) is 11.2. The van der Waals surface area contributed by atoms with Gasteiger partial charge in [0, 0.05) is 57.8 Å². The molecule has 0 aliphatic carbocycles. The zero-order valence-electron chi connectivity index (χ0n) is 28.3. The average Bonchev–Trinajstić information content (AvgIpc) is 3.65. The molecule has 4 nitrogen and oxygen atoms in total. The number of para-hydroxylation sites is 2. The molecular weight excluding hydrogens is 635 g/mol. The first-order chi connectivity index (χ1) is 25.7. The van der Waals surface area contributed by atoms with Crippen molar-refractivity contribution in [2.45, 2.75) is 0 Å². The zero-order chi connectivity index (χ0) is 35.0. The number of nitrogens with zero attached hydrogens (tertiary/aromatic N) is 3. The van der Waals surface area contributed by atoms with Gasteiger partial charge in [-0.2, -0.15) is 0 Å². The van der Waals surface area contributed by atoms with Crippen molar-refractivity contribution in [2.24, 2.45) is 0 Å². The van der Waals surface area contributed by atoms with Crippen molar-refractivity contribution in [3.05, 3.63) is 194 Å². The first-order valence-electron chi connectivity index (χ1n) is 17.1. The Balaban J connectivity index is 1.33. The maximum Gasteiger partial charge on any atom is 0.227 e. The summed E-state index contributed by atoms with van der Waals surface area (Å²) in [6, 6.07) is 46.0. The molecule has 0 atom stereocenters. The van der Waals surface area contributed by atoms with E-state index < -0.39 is 0 Å². The predicted molar refractivity (Wildman–Crippen MR) is 215 cm³/mol. The number of fused-ring (bicyclic) bond motifs is 3. The molecule has 52 heavy (non-hydrogen) atoms. The van der Waals surface area contributed by atoms with Gasteiger partial charge in [0.1, 0.15) is 5.52 Å². The van der Waals surface area contributed by atoms with E-state index in [9.17, 15) is 0 Å². The van der Waals surface area contributed by atoms with E-state index in [0.717, 1.165) is 93.9 Å². The van der Waals surface area contributed by atoms with Crippen LogP contribution in [0, 0.1) is 0 Å². The van der Waals surface area contributed by atoms with Crippen molar-refractivity contribution >= 4 is 44.3 Å². The molecular formula is C48H31N3O. The third kappa shape index (κ3) is 5.50. The van der Waals surface area contributed by atoms with Crippen molar-refractivity contribution in [1.29, 1.82) is 0 Å². The van der Waals surface area contributed by atoms with E-state index in [2.05, 4.69) is 114 Å². The monoisotopic (exact) mass is 665 g/mol. The highest BCUT2D eigenvalue weighted by Crippen LogP contribution is 2.40. The number of benzene rings is 6. The van der Waals surface area contributed by atoms with E-state index in [1.807, 2.05) is 79.4 Å². The number of oxazole rings is 1. The molecule has 3 aromatic heterocycles. The number of hydrogen-bond donors (Lipinski definition) is 0. The number of aromatic nitrogens is 3. The van der Waals surface area contributed by atoms with Gasteiger partial charge in [0.15, 0.2) is 5.58 Å². The Morgan fingerprint density at radius 3 is 1.83 bits per heavy atom. The maximum atomic E-state index is 6.36. The van der Waals surface area contributed by atoms with E-state index in [0.29, 0.717) is 5.89 Å². The Bertz CT molecular complexity index is 2850. The summed E-state index contributed by atoms with van der Waals surface area (Å²) in [5.41, 5.74) is 15.7. The quantitative estimate of drug-likeness (QED) is 0.159. The SMILES string of the molecule is C=C=C(c1cc(-c2cc(-c3nc4ccccc4o3)cc(-c3cncc4ccccc34)c2)cc(-c2cncc3ccccc23)c1)c1ccccc1C=C. The van der Waals surface area contributed by atoms with Gasteiger partial charge in [-0.05, 0) is 98.2 Å². The number of hydrogen-bond acceptors (Lipinski definition) is 4. The van der Waals surface area contributed by atoms with Crippen LogP contribution < -0.4 is 0 Å².